The smallest absolute Gasteiger partial charge is 0.418 e. The Morgan fingerprint density at radius 2 is 1.22 bits per heavy atom. The van der Waals surface area contributed by atoms with Crippen LogP contribution in [0.4, 0.5) is 17.3 Å². The molecule has 0 nitrogen and oxygen atoms in total. The molecule has 0 N–H and O–H groups in total. The van der Waals surface area contributed by atoms with Crippen molar-refractivity contribution in [2.24, 2.45) is 5.92 Å². The summed E-state index contributed by atoms with van der Waals surface area (Å²) in [6.45, 7) is 6.68. The van der Waals surface area contributed by atoms with E-state index in [-0.39, 0.29) is 21.2 Å². The van der Waals surface area contributed by atoms with Gasteiger partial charge >= 0.3 is 28.5 Å². The van der Waals surface area contributed by atoms with Gasteiger partial charge in [-0.1, -0.05) is 43.7 Å². The quantitative estimate of drug-likeness (QED) is 0.392. The number of aryl methyl sites for hydroxylation is 1. The van der Waals surface area contributed by atoms with Gasteiger partial charge in [0.2, 0.25) is 0 Å². The van der Waals surface area contributed by atoms with Crippen LogP contribution in [0.1, 0.15) is 25.0 Å². The summed E-state index contributed by atoms with van der Waals surface area (Å²) in [7, 11) is -6.00. The summed E-state index contributed by atoms with van der Waals surface area (Å²) < 4.78 is 42.0. The van der Waals surface area contributed by atoms with E-state index in [4.69, 9.17) is 0 Å². The van der Waals surface area contributed by atoms with Crippen molar-refractivity contribution >= 4 is 7.25 Å². The SMILES string of the molecule is Cc1ccc([I+]c2ccc(CC(C)C)cc2)cc1.F[B-](F)(F)F. The third-order valence-electron chi connectivity index (χ3n) is 2.79. The molecule has 0 heterocycles. The summed E-state index contributed by atoms with van der Waals surface area (Å²) >= 11 is -0.0179. The van der Waals surface area contributed by atoms with Crippen LogP contribution >= 0.6 is 0 Å². The molecule has 0 aliphatic carbocycles. The van der Waals surface area contributed by atoms with Crippen molar-refractivity contribution in [2.45, 2.75) is 27.2 Å². The monoisotopic (exact) mass is 438 g/mol. The maximum atomic E-state index is 9.75. The van der Waals surface area contributed by atoms with Gasteiger partial charge in [0.1, 0.15) is 0 Å². The summed E-state index contributed by atoms with van der Waals surface area (Å²) in [4.78, 5) is 0. The second kappa shape index (κ2) is 9.30. The van der Waals surface area contributed by atoms with Gasteiger partial charge in [0.25, 0.3) is 0 Å². The Morgan fingerprint density at radius 3 is 1.61 bits per heavy atom. The Bertz CT molecular complexity index is 571. The Hall–Kier alpha value is -1.05. The third-order valence-corrected chi connectivity index (χ3v) is 5.47. The van der Waals surface area contributed by atoms with Gasteiger partial charge < -0.3 is 17.3 Å². The predicted molar refractivity (Wildman–Crippen MR) is 83.7 cm³/mol. The second-order valence-corrected chi connectivity index (χ2v) is 8.64. The van der Waals surface area contributed by atoms with Crippen molar-refractivity contribution in [1.82, 2.24) is 0 Å². The number of benzene rings is 2. The molecular formula is C17H20BF4I. The first kappa shape index (κ1) is 20.0. The maximum absolute atomic E-state index is 9.75. The van der Waals surface area contributed by atoms with Crippen molar-refractivity contribution in [1.29, 1.82) is 0 Å². The summed E-state index contributed by atoms with van der Waals surface area (Å²) in [5.41, 5.74) is 2.80. The van der Waals surface area contributed by atoms with Gasteiger partial charge in [-0.15, -0.1) is 0 Å². The molecule has 0 fully saturated rings. The molecule has 0 aromatic heterocycles. The minimum atomic E-state index is -6.00. The van der Waals surface area contributed by atoms with Crippen LogP contribution in [0.15, 0.2) is 48.5 Å². The van der Waals surface area contributed by atoms with E-state index in [0.29, 0.717) is 0 Å². The Labute approximate surface area is 145 Å². The highest BCUT2D eigenvalue weighted by Gasteiger charge is 2.20. The van der Waals surface area contributed by atoms with E-state index < -0.39 is 7.25 Å². The fourth-order valence-corrected chi connectivity index (χ4v) is 4.03. The first-order chi connectivity index (χ1) is 10.6. The first-order valence-electron chi connectivity index (χ1n) is 7.31. The molecular weight excluding hydrogens is 418 g/mol. The molecule has 2 rings (SSSR count). The van der Waals surface area contributed by atoms with E-state index in [0.717, 1.165) is 5.92 Å². The second-order valence-electron chi connectivity index (χ2n) is 5.61. The summed E-state index contributed by atoms with van der Waals surface area (Å²) in [5, 5.41) is 0. The van der Waals surface area contributed by atoms with Crippen molar-refractivity contribution in [3.8, 4) is 0 Å². The first-order valence-corrected chi connectivity index (χ1v) is 9.47. The molecule has 0 aliphatic rings. The Balaban J connectivity index is 0.000000463. The van der Waals surface area contributed by atoms with E-state index >= 15 is 0 Å². The standard InChI is InChI=1S/C17H20I.BF4/c1-13(2)12-15-6-10-17(11-7-15)18-16-8-4-14(3)5-9-16;2-1(3,4)5/h4-11,13H,12H2,1-3H3;/q+1;-1. The molecule has 6 heteroatoms. The van der Waals surface area contributed by atoms with Crippen molar-refractivity contribution < 1.29 is 38.5 Å². The van der Waals surface area contributed by atoms with Gasteiger partial charge in [-0.3, -0.25) is 0 Å². The van der Waals surface area contributed by atoms with Gasteiger partial charge in [-0.2, -0.15) is 0 Å². The average molecular weight is 438 g/mol. The molecule has 0 radical (unpaired) electrons. The zero-order chi connectivity index (χ0) is 17.5. The molecule has 0 saturated carbocycles. The van der Waals surface area contributed by atoms with Crippen molar-refractivity contribution in [2.75, 3.05) is 0 Å². The van der Waals surface area contributed by atoms with E-state index in [1.165, 1.54) is 24.7 Å². The number of hydrogen-bond donors (Lipinski definition) is 0. The zero-order valence-electron chi connectivity index (χ0n) is 13.4. The van der Waals surface area contributed by atoms with Gasteiger partial charge in [0, 0.05) is 0 Å². The molecule has 2 aromatic carbocycles. The van der Waals surface area contributed by atoms with Crippen LogP contribution in [0, 0.1) is 20.0 Å². The number of hydrogen-bond acceptors (Lipinski definition) is 0. The Kier molecular flexibility index (Phi) is 8.09. The number of halogens is 5. The Morgan fingerprint density at radius 1 is 0.826 bits per heavy atom. The van der Waals surface area contributed by atoms with Gasteiger partial charge in [-0.25, -0.2) is 0 Å². The molecule has 23 heavy (non-hydrogen) atoms. The summed E-state index contributed by atoms with van der Waals surface area (Å²) in [6, 6.07) is 18.2. The van der Waals surface area contributed by atoms with Crippen LogP contribution in [0.25, 0.3) is 0 Å². The molecule has 0 amide bonds. The normalized spacial score (nSPS) is 11.1. The molecule has 2 aromatic rings. The van der Waals surface area contributed by atoms with E-state index in [1.807, 2.05) is 0 Å². The van der Waals surface area contributed by atoms with Gasteiger partial charge in [0.15, 0.2) is 7.14 Å². The highest BCUT2D eigenvalue weighted by molar-refractivity contribution is 6.50. The lowest BCUT2D eigenvalue weighted by molar-refractivity contribution is -0.597. The average Bonchev–Trinajstić information content (AvgIpc) is 2.41. The molecule has 0 bridgehead atoms. The number of rotatable bonds is 4. The van der Waals surface area contributed by atoms with E-state index in [1.54, 1.807) is 0 Å². The van der Waals surface area contributed by atoms with Crippen LogP contribution in [0.2, 0.25) is 0 Å². The summed E-state index contributed by atoms with van der Waals surface area (Å²) in [6.07, 6.45) is 1.18. The van der Waals surface area contributed by atoms with Gasteiger partial charge in [-0.05, 0) is 49.1 Å². The van der Waals surface area contributed by atoms with Crippen LogP contribution in [0.3, 0.4) is 0 Å². The molecule has 0 aliphatic heterocycles. The summed E-state index contributed by atoms with van der Waals surface area (Å²) in [5.74, 6) is 0.739. The lowest BCUT2D eigenvalue weighted by Crippen LogP contribution is -3.61. The third kappa shape index (κ3) is 10.4. The van der Waals surface area contributed by atoms with Crippen LogP contribution in [-0.4, -0.2) is 7.25 Å². The minimum absolute atomic E-state index is 0.0179. The van der Waals surface area contributed by atoms with Crippen LogP contribution in [0.5, 0.6) is 0 Å². The molecule has 0 unspecified atom stereocenters. The van der Waals surface area contributed by atoms with Gasteiger partial charge in [0.05, 0.1) is 0 Å². The molecule has 0 atom stereocenters. The van der Waals surface area contributed by atoms with Crippen LogP contribution < -0.4 is 21.2 Å². The topological polar surface area (TPSA) is 0 Å². The largest absolute Gasteiger partial charge is 0.673 e. The predicted octanol–water partition coefficient (Wildman–Crippen LogP) is 2.62. The fraction of sp³-hybridized carbons (Fsp3) is 0.294. The maximum Gasteiger partial charge on any atom is 0.673 e. The lowest BCUT2D eigenvalue weighted by Gasteiger charge is -2.03. The molecule has 0 spiro atoms. The van der Waals surface area contributed by atoms with E-state index in [2.05, 4.69) is 69.3 Å². The fourth-order valence-electron chi connectivity index (χ4n) is 1.88. The van der Waals surface area contributed by atoms with Crippen molar-refractivity contribution in [3.05, 3.63) is 66.8 Å². The van der Waals surface area contributed by atoms with Crippen LogP contribution in [-0.2, 0) is 6.42 Å². The zero-order valence-corrected chi connectivity index (χ0v) is 15.5. The van der Waals surface area contributed by atoms with Crippen molar-refractivity contribution in [3.63, 3.8) is 0 Å². The van der Waals surface area contributed by atoms with E-state index in [9.17, 15) is 17.3 Å². The highest BCUT2D eigenvalue weighted by atomic mass is 127. The minimum Gasteiger partial charge on any atom is -0.418 e. The molecule has 0 saturated heterocycles. The highest BCUT2D eigenvalue weighted by Crippen LogP contribution is 2.07. The molecule has 126 valence electrons. The lowest BCUT2D eigenvalue weighted by atomic mass is 10.0.